The van der Waals surface area contributed by atoms with Crippen molar-refractivity contribution in [2.45, 2.75) is 46.7 Å². The molecule has 0 spiro atoms. The third-order valence-electron chi connectivity index (χ3n) is 3.12. The van der Waals surface area contributed by atoms with Crippen LogP contribution in [-0.4, -0.2) is 22.8 Å². The van der Waals surface area contributed by atoms with Crippen LogP contribution >= 0.6 is 0 Å². The van der Waals surface area contributed by atoms with Crippen molar-refractivity contribution in [1.82, 2.24) is 9.88 Å². The zero-order valence-corrected chi connectivity index (χ0v) is 11.4. The van der Waals surface area contributed by atoms with E-state index in [1.807, 2.05) is 0 Å². The molecule has 3 heteroatoms. The van der Waals surface area contributed by atoms with E-state index in [2.05, 4.69) is 49.1 Å². The largest absolute Gasteiger partial charge is 0.396 e. The van der Waals surface area contributed by atoms with Gasteiger partial charge in [0.1, 0.15) is 0 Å². The van der Waals surface area contributed by atoms with E-state index in [0.717, 1.165) is 32.5 Å². The van der Waals surface area contributed by atoms with E-state index < -0.39 is 0 Å². The Morgan fingerprint density at radius 3 is 2.76 bits per heavy atom. The topological polar surface area (TPSA) is 37.2 Å². The van der Waals surface area contributed by atoms with Gasteiger partial charge in [0, 0.05) is 38.6 Å². The molecule has 0 saturated carbocycles. The molecular weight excluding hydrogens is 212 g/mol. The summed E-state index contributed by atoms with van der Waals surface area (Å²) in [7, 11) is 0. The van der Waals surface area contributed by atoms with E-state index in [0.29, 0.717) is 6.61 Å². The molecule has 1 rings (SSSR count). The second-order valence-corrected chi connectivity index (χ2v) is 5.45. The Kier molecular flexibility index (Phi) is 5.72. The van der Waals surface area contributed by atoms with Crippen molar-refractivity contribution in [2.75, 3.05) is 13.2 Å². The molecule has 0 aliphatic heterocycles. The number of hydrogen-bond donors (Lipinski definition) is 2. The Hall–Kier alpha value is -0.800. The molecule has 1 aromatic heterocycles. The third-order valence-corrected chi connectivity index (χ3v) is 3.12. The van der Waals surface area contributed by atoms with Gasteiger partial charge in [-0.25, -0.2) is 0 Å². The van der Waals surface area contributed by atoms with Crippen LogP contribution in [0, 0.1) is 5.41 Å². The molecule has 2 N–H and O–H groups in total. The summed E-state index contributed by atoms with van der Waals surface area (Å²) >= 11 is 0. The van der Waals surface area contributed by atoms with Crippen molar-refractivity contribution in [3.63, 3.8) is 0 Å². The van der Waals surface area contributed by atoms with E-state index in [4.69, 9.17) is 5.11 Å². The molecule has 0 saturated heterocycles. The molecule has 0 aliphatic carbocycles. The zero-order valence-electron chi connectivity index (χ0n) is 11.4. The molecule has 17 heavy (non-hydrogen) atoms. The van der Waals surface area contributed by atoms with Gasteiger partial charge in [0.2, 0.25) is 0 Å². The predicted molar refractivity (Wildman–Crippen MR) is 71.9 cm³/mol. The van der Waals surface area contributed by atoms with Crippen LogP contribution in [0.25, 0.3) is 0 Å². The average molecular weight is 238 g/mol. The van der Waals surface area contributed by atoms with Crippen molar-refractivity contribution in [2.24, 2.45) is 5.41 Å². The normalized spacial score (nSPS) is 12.0. The quantitative estimate of drug-likeness (QED) is 0.729. The fourth-order valence-corrected chi connectivity index (χ4v) is 1.98. The number of nitrogens with one attached hydrogen (secondary N) is 1. The summed E-state index contributed by atoms with van der Waals surface area (Å²) < 4.78 is 2.19. The predicted octanol–water partition coefficient (Wildman–Crippen LogP) is 2.40. The monoisotopic (exact) mass is 238 g/mol. The molecule has 0 atom stereocenters. The number of aliphatic hydroxyl groups is 1. The summed E-state index contributed by atoms with van der Waals surface area (Å²) in [6.45, 7) is 9.87. The van der Waals surface area contributed by atoms with Crippen LogP contribution in [0.2, 0.25) is 0 Å². The molecule has 0 unspecified atom stereocenters. The fourth-order valence-electron chi connectivity index (χ4n) is 1.98. The molecule has 0 fully saturated rings. The molecule has 1 heterocycles. The molecule has 0 aromatic carbocycles. The molecule has 3 nitrogen and oxygen atoms in total. The lowest BCUT2D eigenvalue weighted by atomic mass is 9.88. The van der Waals surface area contributed by atoms with E-state index in [-0.39, 0.29) is 5.41 Å². The highest BCUT2D eigenvalue weighted by Crippen LogP contribution is 2.20. The van der Waals surface area contributed by atoms with Crippen LogP contribution in [0.1, 0.15) is 39.2 Å². The molecule has 98 valence electrons. The first-order valence-corrected chi connectivity index (χ1v) is 6.53. The molecule has 0 bridgehead atoms. The first-order valence-electron chi connectivity index (χ1n) is 6.53. The standard InChI is InChI=1S/C14H26N2O/c1-4-16-8-6-13(11-16)10-15-12-14(2,3)7-5-9-17/h6,8,11,15,17H,4-5,7,9-10,12H2,1-3H3. The Bertz CT molecular complexity index is 318. The number of aryl methyl sites for hydroxylation is 1. The lowest BCUT2D eigenvalue weighted by Crippen LogP contribution is -2.29. The number of rotatable bonds is 8. The summed E-state index contributed by atoms with van der Waals surface area (Å²) in [6.07, 6.45) is 6.26. The molecule has 0 amide bonds. The Morgan fingerprint density at radius 2 is 2.18 bits per heavy atom. The van der Waals surface area contributed by atoms with Gasteiger partial charge in [-0.05, 0) is 36.8 Å². The average Bonchev–Trinajstić information content (AvgIpc) is 2.74. The van der Waals surface area contributed by atoms with Crippen molar-refractivity contribution in [1.29, 1.82) is 0 Å². The number of aliphatic hydroxyl groups excluding tert-OH is 1. The fraction of sp³-hybridized carbons (Fsp3) is 0.714. The van der Waals surface area contributed by atoms with Crippen LogP contribution in [-0.2, 0) is 13.1 Å². The third kappa shape index (κ3) is 5.37. The van der Waals surface area contributed by atoms with Crippen LogP contribution < -0.4 is 5.32 Å². The van der Waals surface area contributed by atoms with Gasteiger partial charge in [0.25, 0.3) is 0 Å². The van der Waals surface area contributed by atoms with Gasteiger partial charge in [0.05, 0.1) is 0 Å². The zero-order chi connectivity index (χ0) is 12.7. The highest BCUT2D eigenvalue weighted by atomic mass is 16.2. The Balaban J connectivity index is 2.26. The number of aromatic nitrogens is 1. The minimum atomic E-state index is 0.260. The molecule has 0 radical (unpaired) electrons. The van der Waals surface area contributed by atoms with Crippen molar-refractivity contribution in [3.05, 3.63) is 24.0 Å². The van der Waals surface area contributed by atoms with E-state index in [9.17, 15) is 0 Å². The second kappa shape index (κ2) is 6.82. The Labute approximate surface area is 105 Å². The maximum absolute atomic E-state index is 8.84. The van der Waals surface area contributed by atoms with Crippen LogP contribution in [0.4, 0.5) is 0 Å². The Morgan fingerprint density at radius 1 is 1.41 bits per heavy atom. The van der Waals surface area contributed by atoms with Crippen LogP contribution in [0.5, 0.6) is 0 Å². The van der Waals surface area contributed by atoms with E-state index in [1.54, 1.807) is 0 Å². The number of nitrogens with zero attached hydrogens (tertiary/aromatic N) is 1. The smallest absolute Gasteiger partial charge is 0.0431 e. The van der Waals surface area contributed by atoms with Gasteiger partial charge in [-0.2, -0.15) is 0 Å². The summed E-state index contributed by atoms with van der Waals surface area (Å²) in [5.41, 5.74) is 1.60. The summed E-state index contributed by atoms with van der Waals surface area (Å²) in [5, 5.41) is 12.3. The molecular formula is C14H26N2O. The summed E-state index contributed by atoms with van der Waals surface area (Å²) in [6, 6.07) is 2.16. The van der Waals surface area contributed by atoms with Crippen molar-refractivity contribution in [3.8, 4) is 0 Å². The van der Waals surface area contributed by atoms with Gasteiger partial charge in [-0.1, -0.05) is 13.8 Å². The van der Waals surface area contributed by atoms with Gasteiger partial charge in [-0.3, -0.25) is 0 Å². The molecule has 0 aliphatic rings. The van der Waals surface area contributed by atoms with Gasteiger partial charge >= 0.3 is 0 Å². The molecule has 1 aromatic rings. The van der Waals surface area contributed by atoms with Crippen molar-refractivity contribution < 1.29 is 5.11 Å². The van der Waals surface area contributed by atoms with Gasteiger partial charge < -0.3 is 15.0 Å². The first-order chi connectivity index (χ1) is 8.07. The summed E-state index contributed by atoms with van der Waals surface area (Å²) in [5.74, 6) is 0. The van der Waals surface area contributed by atoms with E-state index in [1.165, 1.54) is 5.56 Å². The first kappa shape index (κ1) is 14.3. The van der Waals surface area contributed by atoms with Gasteiger partial charge in [0.15, 0.2) is 0 Å². The van der Waals surface area contributed by atoms with Crippen molar-refractivity contribution >= 4 is 0 Å². The second-order valence-electron chi connectivity index (χ2n) is 5.45. The summed E-state index contributed by atoms with van der Waals surface area (Å²) in [4.78, 5) is 0. The lowest BCUT2D eigenvalue weighted by Gasteiger charge is -2.24. The minimum Gasteiger partial charge on any atom is -0.396 e. The van der Waals surface area contributed by atoms with Crippen LogP contribution in [0.3, 0.4) is 0 Å². The maximum atomic E-state index is 8.84. The minimum absolute atomic E-state index is 0.260. The van der Waals surface area contributed by atoms with Crippen LogP contribution in [0.15, 0.2) is 18.5 Å². The lowest BCUT2D eigenvalue weighted by molar-refractivity contribution is 0.236. The van der Waals surface area contributed by atoms with Gasteiger partial charge in [-0.15, -0.1) is 0 Å². The SMILES string of the molecule is CCn1ccc(CNCC(C)(C)CCCO)c1. The number of hydrogen-bond acceptors (Lipinski definition) is 2. The highest BCUT2D eigenvalue weighted by molar-refractivity contribution is 5.09. The van der Waals surface area contributed by atoms with E-state index >= 15 is 0 Å². The highest BCUT2D eigenvalue weighted by Gasteiger charge is 2.16. The maximum Gasteiger partial charge on any atom is 0.0431 e.